The van der Waals surface area contributed by atoms with Crippen molar-refractivity contribution in [1.82, 2.24) is 9.55 Å². The smallest absolute Gasteiger partial charge is 0.330 e. The molecule has 0 amide bonds. The zero-order valence-corrected chi connectivity index (χ0v) is 14.5. The summed E-state index contributed by atoms with van der Waals surface area (Å²) in [4.78, 5) is 36.2. The Kier molecular flexibility index (Phi) is 7.29. The second kappa shape index (κ2) is 8.56. The molecule has 2 rings (SSSR count). The van der Waals surface area contributed by atoms with Gasteiger partial charge >= 0.3 is 11.7 Å². The van der Waals surface area contributed by atoms with Crippen LogP contribution in [-0.4, -0.2) is 45.5 Å². The van der Waals surface area contributed by atoms with Crippen molar-refractivity contribution in [3.63, 3.8) is 0 Å². The maximum Gasteiger partial charge on any atom is 0.330 e. The lowest BCUT2D eigenvalue weighted by molar-refractivity contribution is -0.152. The van der Waals surface area contributed by atoms with E-state index in [-0.39, 0.29) is 31.4 Å². The fourth-order valence-corrected chi connectivity index (χ4v) is 2.24. The highest BCUT2D eigenvalue weighted by atomic mass is 35.5. The highest BCUT2D eigenvalue weighted by molar-refractivity contribution is 5.85. The van der Waals surface area contributed by atoms with Crippen LogP contribution in [0.4, 0.5) is 4.39 Å². The summed E-state index contributed by atoms with van der Waals surface area (Å²) in [6.45, 7) is 3.28. The molecular formula is C14H21ClFN3O6. The Morgan fingerprint density at radius 2 is 2.20 bits per heavy atom. The van der Waals surface area contributed by atoms with Gasteiger partial charge in [0.05, 0.1) is 12.3 Å². The van der Waals surface area contributed by atoms with E-state index in [0.717, 1.165) is 4.57 Å². The maximum atomic E-state index is 13.3. The first-order chi connectivity index (χ1) is 11.2. The number of aliphatic hydroxyl groups excluding tert-OH is 1. The van der Waals surface area contributed by atoms with E-state index >= 15 is 0 Å². The van der Waals surface area contributed by atoms with Crippen molar-refractivity contribution in [3.05, 3.63) is 32.9 Å². The van der Waals surface area contributed by atoms with Crippen LogP contribution in [0.1, 0.15) is 26.5 Å². The highest BCUT2D eigenvalue weighted by Gasteiger charge is 2.37. The van der Waals surface area contributed by atoms with E-state index in [9.17, 15) is 23.9 Å². The number of halogens is 2. The quantitative estimate of drug-likeness (QED) is 0.572. The Morgan fingerprint density at radius 3 is 2.80 bits per heavy atom. The number of nitrogens with zero attached hydrogens (tertiary/aromatic N) is 1. The number of H-pyrrole nitrogens is 1. The van der Waals surface area contributed by atoms with Gasteiger partial charge in [0.2, 0.25) is 5.82 Å². The molecule has 1 unspecified atom stereocenters. The molecule has 11 heteroatoms. The predicted octanol–water partition coefficient (Wildman–Crippen LogP) is -0.728. The summed E-state index contributed by atoms with van der Waals surface area (Å²) in [5.41, 5.74) is 3.65. The fourth-order valence-electron chi connectivity index (χ4n) is 2.24. The summed E-state index contributed by atoms with van der Waals surface area (Å²) in [6, 6.07) is -0.796. The Labute approximate surface area is 148 Å². The second-order valence-electron chi connectivity index (χ2n) is 5.98. The van der Waals surface area contributed by atoms with Crippen LogP contribution in [0.5, 0.6) is 0 Å². The van der Waals surface area contributed by atoms with Crippen molar-refractivity contribution in [2.75, 3.05) is 6.61 Å². The number of nitrogens with one attached hydrogen (secondary N) is 1. The largest absolute Gasteiger partial charge is 0.462 e. The molecule has 1 saturated heterocycles. The van der Waals surface area contributed by atoms with Gasteiger partial charge in [0.25, 0.3) is 5.56 Å². The van der Waals surface area contributed by atoms with Crippen LogP contribution < -0.4 is 17.0 Å². The molecule has 4 N–H and O–H groups in total. The fraction of sp³-hybridized carbons (Fsp3) is 0.643. The molecule has 142 valence electrons. The lowest BCUT2D eigenvalue weighted by Crippen LogP contribution is -2.39. The van der Waals surface area contributed by atoms with Gasteiger partial charge in [-0.15, -0.1) is 12.4 Å². The van der Waals surface area contributed by atoms with Crippen molar-refractivity contribution >= 4 is 18.4 Å². The third kappa shape index (κ3) is 4.88. The molecule has 1 fully saturated rings. The summed E-state index contributed by atoms with van der Waals surface area (Å²) in [5, 5.41) is 9.97. The van der Waals surface area contributed by atoms with E-state index in [1.54, 1.807) is 18.8 Å². The van der Waals surface area contributed by atoms with Crippen LogP contribution in [0.25, 0.3) is 0 Å². The minimum Gasteiger partial charge on any atom is -0.462 e. The zero-order chi connectivity index (χ0) is 18.0. The van der Waals surface area contributed by atoms with Crippen molar-refractivity contribution in [2.24, 2.45) is 11.7 Å². The van der Waals surface area contributed by atoms with Gasteiger partial charge in [0.15, 0.2) is 0 Å². The number of rotatable bonds is 5. The summed E-state index contributed by atoms with van der Waals surface area (Å²) < 4.78 is 24.6. The number of carbonyl (C=O) groups excluding carboxylic acids is 1. The Balaban J connectivity index is 0.00000312. The van der Waals surface area contributed by atoms with Crippen molar-refractivity contribution in [1.29, 1.82) is 0 Å². The predicted molar refractivity (Wildman–Crippen MR) is 86.8 cm³/mol. The van der Waals surface area contributed by atoms with E-state index in [4.69, 9.17) is 15.2 Å². The molecule has 0 saturated carbocycles. The molecule has 0 aliphatic carbocycles. The Morgan fingerprint density at radius 1 is 1.56 bits per heavy atom. The number of aliphatic hydroxyl groups is 1. The lowest BCUT2D eigenvalue weighted by atomic mass is 10.1. The second-order valence-corrected chi connectivity index (χ2v) is 5.98. The molecular weight excluding hydrogens is 361 g/mol. The van der Waals surface area contributed by atoms with Gasteiger partial charge in [0, 0.05) is 6.42 Å². The van der Waals surface area contributed by atoms with Gasteiger partial charge < -0.3 is 20.3 Å². The van der Waals surface area contributed by atoms with Crippen molar-refractivity contribution < 1.29 is 23.8 Å². The molecule has 1 aromatic heterocycles. The molecule has 0 aromatic carbocycles. The molecule has 0 bridgehead atoms. The zero-order valence-electron chi connectivity index (χ0n) is 13.7. The van der Waals surface area contributed by atoms with E-state index in [1.807, 2.05) is 0 Å². The molecule has 4 atom stereocenters. The number of hydrogen-bond acceptors (Lipinski definition) is 7. The molecule has 9 nitrogen and oxygen atoms in total. The minimum absolute atomic E-state index is 0. The van der Waals surface area contributed by atoms with Crippen LogP contribution in [0.3, 0.4) is 0 Å². The molecule has 2 heterocycles. The maximum absolute atomic E-state index is 13.3. The molecule has 25 heavy (non-hydrogen) atoms. The standard InChI is InChI=1S/C14H20FN3O6.ClH/c1-6(2)11(16)13(21)23-5-9-8(19)3-10(24-9)18-4-7(15)12(20)17-14(18)22;/h4,6,8-11,19H,3,5,16H2,1-2H3,(H,17,20,22);1H/t8?,9-,10-,11-;/m0./s1. The average molecular weight is 382 g/mol. The molecule has 1 aliphatic rings. The van der Waals surface area contributed by atoms with Gasteiger partial charge in [-0.3, -0.25) is 19.1 Å². The van der Waals surface area contributed by atoms with Gasteiger partial charge in [-0.2, -0.15) is 4.39 Å². The van der Waals surface area contributed by atoms with Gasteiger partial charge in [-0.1, -0.05) is 13.8 Å². The van der Waals surface area contributed by atoms with Crippen LogP contribution in [0.15, 0.2) is 15.8 Å². The van der Waals surface area contributed by atoms with Gasteiger partial charge in [-0.25, -0.2) is 4.79 Å². The van der Waals surface area contributed by atoms with Gasteiger partial charge in [-0.05, 0) is 5.92 Å². The summed E-state index contributed by atoms with van der Waals surface area (Å²) >= 11 is 0. The SMILES string of the molecule is CC(C)[C@H](N)C(=O)OC[C@@H]1O[C@H](n2cc(F)c(=O)[nH]c2=O)CC1O.Cl. The number of aromatic nitrogens is 2. The first-order valence-corrected chi connectivity index (χ1v) is 7.47. The topological polar surface area (TPSA) is 137 Å². The number of hydrogen-bond donors (Lipinski definition) is 3. The summed E-state index contributed by atoms with van der Waals surface area (Å²) in [6.07, 6.45) is -2.22. The summed E-state index contributed by atoms with van der Waals surface area (Å²) in [7, 11) is 0. The Hall–Kier alpha value is -1.75. The van der Waals surface area contributed by atoms with Crippen LogP contribution in [-0.2, 0) is 14.3 Å². The first kappa shape index (κ1) is 21.3. The van der Waals surface area contributed by atoms with Crippen LogP contribution in [0.2, 0.25) is 0 Å². The highest BCUT2D eigenvalue weighted by Crippen LogP contribution is 2.27. The molecule has 1 aromatic rings. The Bertz CT molecular complexity index is 721. The lowest BCUT2D eigenvalue weighted by Gasteiger charge is -2.18. The minimum atomic E-state index is -1.15. The van der Waals surface area contributed by atoms with Crippen LogP contribution in [0, 0.1) is 11.7 Å². The first-order valence-electron chi connectivity index (χ1n) is 7.47. The monoisotopic (exact) mass is 381 g/mol. The summed E-state index contributed by atoms with van der Waals surface area (Å²) in [5.74, 6) is -1.88. The molecule has 1 aliphatic heterocycles. The molecule has 0 radical (unpaired) electrons. The number of ether oxygens (including phenoxy) is 2. The number of nitrogens with two attached hydrogens (primary N) is 1. The number of esters is 1. The van der Waals surface area contributed by atoms with E-state index in [2.05, 4.69) is 0 Å². The van der Waals surface area contributed by atoms with Gasteiger partial charge in [0.1, 0.15) is 25.0 Å². The van der Waals surface area contributed by atoms with E-state index < -0.39 is 47.5 Å². The number of carbonyl (C=O) groups is 1. The third-order valence-electron chi connectivity index (χ3n) is 3.82. The third-order valence-corrected chi connectivity index (χ3v) is 3.82. The van der Waals surface area contributed by atoms with Crippen molar-refractivity contribution in [2.45, 2.75) is 44.7 Å². The number of aromatic amines is 1. The normalized spacial score (nSPS) is 24.0. The van der Waals surface area contributed by atoms with Crippen LogP contribution >= 0.6 is 12.4 Å². The molecule has 0 spiro atoms. The van der Waals surface area contributed by atoms with E-state index in [1.165, 1.54) is 0 Å². The average Bonchev–Trinajstić information content (AvgIpc) is 2.88. The van der Waals surface area contributed by atoms with Crippen molar-refractivity contribution in [3.8, 4) is 0 Å². The van der Waals surface area contributed by atoms with E-state index in [0.29, 0.717) is 6.20 Å².